The molecule has 1 amide bonds. The van der Waals surface area contributed by atoms with Gasteiger partial charge in [-0.2, -0.15) is 0 Å². The Morgan fingerprint density at radius 2 is 2.04 bits per heavy atom. The van der Waals surface area contributed by atoms with E-state index in [0.717, 1.165) is 10.4 Å². The van der Waals surface area contributed by atoms with Gasteiger partial charge in [-0.05, 0) is 20.3 Å². The number of rotatable bonds is 7. The predicted molar refractivity (Wildman–Crippen MR) is 82.6 cm³/mol. The van der Waals surface area contributed by atoms with Gasteiger partial charge in [-0.1, -0.05) is 12.2 Å². The number of carbonyl (C=O) groups excluding carboxylic acids is 1. The number of amides is 1. The van der Waals surface area contributed by atoms with Crippen LogP contribution in [0.1, 0.15) is 29.5 Å². The Kier molecular flexibility index (Phi) is 6.11. The molecule has 0 fully saturated rings. The summed E-state index contributed by atoms with van der Waals surface area (Å²) in [5.74, 6) is -1.79. The molecule has 0 saturated carbocycles. The summed E-state index contributed by atoms with van der Waals surface area (Å²) < 4.78 is 30.1. The van der Waals surface area contributed by atoms with Crippen LogP contribution in [-0.2, 0) is 14.8 Å². The molecule has 9 heteroatoms. The molecular weight excluding hydrogens is 324 g/mol. The van der Waals surface area contributed by atoms with Crippen molar-refractivity contribution in [2.24, 2.45) is 0 Å². The minimum Gasteiger partial charge on any atom is -0.480 e. The average Bonchev–Trinajstić information content (AvgIpc) is 2.85. The van der Waals surface area contributed by atoms with E-state index in [4.69, 9.17) is 9.52 Å². The first-order chi connectivity index (χ1) is 10.6. The molecule has 0 saturated heterocycles. The summed E-state index contributed by atoms with van der Waals surface area (Å²) in [6.45, 7) is 3.17. The number of aryl methyl sites for hydroxylation is 1. The number of hydrogen-bond donors (Lipinski definition) is 2. The summed E-state index contributed by atoms with van der Waals surface area (Å²) in [5, 5.41) is 11.1. The molecule has 1 atom stereocenters. The highest BCUT2D eigenvalue weighted by molar-refractivity contribution is 7.88. The highest BCUT2D eigenvalue weighted by Crippen LogP contribution is 2.21. The molecular formula is C14H20N2O6S. The first-order valence-electron chi connectivity index (χ1n) is 6.79. The second-order valence-electron chi connectivity index (χ2n) is 4.99. The number of aliphatic carboxylic acids is 1. The highest BCUT2D eigenvalue weighted by Gasteiger charge is 2.27. The number of hydrogen-bond acceptors (Lipinski definition) is 5. The van der Waals surface area contributed by atoms with E-state index < -0.39 is 27.9 Å². The fourth-order valence-electron chi connectivity index (χ4n) is 1.72. The molecule has 1 rings (SSSR count). The molecule has 1 aromatic rings. The number of carboxylic acids is 1. The number of furan rings is 1. The van der Waals surface area contributed by atoms with Gasteiger partial charge in [0.1, 0.15) is 11.8 Å². The zero-order valence-electron chi connectivity index (χ0n) is 13.4. The second kappa shape index (κ2) is 7.42. The largest absolute Gasteiger partial charge is 0.480 e. The fraction of sp³-hybridized carbons (Fsp3) is 0.429. The minimum absolute atomic E-state index is 0.0165. The van der Waals surface area contributed by atoms with Gasteiger partial charge in [-0.15, -0.1) is 0 Å². The van der Waals surface area contributed by atoms with Gasteiger partial charge in [0, 0.05) is 20.2 Å². The summed E-state index contributed by atoms with van der Waals surface area (Å²) in [6, 6.07) is -0.0175. The number of allylic oxidation sites excluding steroid dienone is 1. The van der Waals surface area contributed by atoms with Crippen LogP contribution in [0, 0.1) is 6.92 Å². The van der Waals surface area contributed by atoms with E-state index in [9.17, 15) is 18.0 Å². The smallest absolute Gasteiger partial charge is 0.326 e. The van der Waals surface area contributed by atoms with Crippen LogP contribution in [0.3, 0.4) is 0 Å². The van der Waals surface area contributed by atoms with Gasteiger partial charge in [0.2, 0.25) is 5.09 Å². The molecule has 0 spiro atoms. The van der Waals surface area contributed by atoms with Crippen LogP contribution in [0.5, 0.6) is 0 Å². The lowest BCUT2D eigenvalue weighted by Gasteiger charge is -2.12. The Hall–Kier alpha value is -2.13. The molecule has 128 valence electrons. The Labute approximate surface area is 134 Å². The average molecular weight is 344 g/mol. The van der Waals surface area contributed by atoms with E-state index in [0.29, 0.717) is 0 Å². The maximum absolute atomic E-state index is 12.2. The predicted octanol–water partition coefficient (Wildman–Crippen LogP) is 0.988. The molecule has 0 aliphatic heterocycles. The van der Waals surface area contributed by atoms with Crippen LogP contribution in [0.25, 0.3) is 0 Å². The van der Waals surface area contributed by atoms with E-state index in [2.05, 4.69) is 5.32 Å². The van der Waals surface area contributed by atoms with E-state index in [1.54, 1.807) is 19.1 Å². The van der Waals surface area contributed by atoms with Crippen LogP contribution < -0.4 is 5.32 Å². The standard InChI is InChI=1S/C14H20N2O6S/c1-5-6-7-11(14(18)19)15-13(17)10-8-12(22-9(10)2)23(20,21)16(3)4/h5-6,8,11H,7H2,1-4H3,(H,15,17)(H,18,19)/b6-5+. The topological polar surface area (TPSA) is 117 Å². The van der Waals surface area contributed by atoms with Gasteiger partial charge in [-0.25, -0.2) is 17.5 Å². The fourth-order valence-corrected chi connectivity index (χ4v) is 2.57. The summed E-state index contributed by atoms with van der Waals surface area (Å²) in [4.78, 5) is 23.3. The Bertz CT molecular complexity index is 718. The van der Waals surface area contributed by atoms with Crippen molar-refractivity contribution in [2.45, 2.75) is 31.4 Å². The van der Waals surface area contributed by atoms with Gasteiger partial charge < -0.3 is 14.8 Å². The monoisotopic (exact) mass is 344 g/mol. The molecule has 8 nitrogen and oxygen atoms in total. The summed E-state index contributed by atoms with van der Waals surface area (Å²) >= 11 is 0. The van der Waals surface area contributed by atoms with E-state index >= 15 is 0 Å². The first-order valence-corrected chi connectivity index (χ1v) is 8.23. The van der Waals surface area contributed by atoms with Crippen LogP contribution >= 0.6 is 0 Å². The van der Waals surface area contributed by atoms with Crippen LogP contribution in [0.2, 0.25) is 0 Å². The number of carbonyl (C=O) groups is 2. The van der Waals surface area contributed by atoms with Gasteiger partial charge in [0.15, 0.2) is 0 Å². The van der Waals surface area contributed by atoms with Crippen LogP contribution in [0.4, 0.5) is 0 Å². The van der Waals surface area contributed by atoms with Crippen molar-refractivity contribution in [3.8, 4) is 0 Å². The zero-order chi connectivity index (χ0) is 17.8. The van der Waals surface area contributed by atoms with E-state index in [-0.39, 0.29) is 22.8 Å². The SMILES string of the molecule is C/C=C/CC(NC(=O)c1cc(S(=O)(=O)N(C)C)oc1C)C(=O)O. The van der Waals surface area contributed by atoms with Gasteiger partial charge in [0.05, 0.1) is 5.56 Å². The molecule has 23 heavy (non-hydrogen) atoms. The van der Waals surface area contributed by atoms with Crippen molar-refractivity contribution in [2.75, 3.05) is 14.1 Å². The van der Waals surface area contributed by atoms with Crippen molar-refractivity contribution in [1.29, 1.82) is 0 Å². The lowest BCUT2D eigenvalue weighted by molar-refractivity contribution is -0.139. The Morgan fingerprint density at radius 3 is 2.52 bits per heavy atom. The van der Waals surface area contributed by atoms with Crippen LogP contribution in [-0.4, -0.2) is 49.8 Å². The molecule has 0 radical (unpaired) electrons. The third-order valence-electron chi connectivity index (χ3n) is 3.09. The minimum atomic E-state index is -3.81. The summed E-state index contributed by atoms with van der Waals surface area (Å²) in [6.07, 6.45) is 3.41. The number of sulfonamides is 1. The van der Waals surface area contributed by atoms with Gasteiger partial charge >= 0.3 is 5.97 Å². The number of nitrogens with one attached hydrogen (secondary N) is 1. The van der Waals surface area contributed by atoms with Crippen molar-refractivity contribution in [3.05, 3.63) is 29.5 Å². The maximum Gasteiger partial charge on any atom is 0.326 e. The van der Waals surface area contributed by atoms with Crippen molar-refractivity contribution >= 4 is 21.9 Å². The van der Waals surface area contributed by atoms with Gasteiger partial charge in [-0.3, -0.25) is 4.79 Å². The van der Waals surface area contributed by atoms with E-state index in [1.807, 2.05) is 0 Å². The molecule has 0 aliphatic rings. The zero-order valence-corrected chi connectivity index (χ0v) is 14.2. The van der Waals surface area contributed by atoms with Crippen molar-refractivity contribution in [3.63, 3.8) is 0 Å². The van der Waals surface area contributed by atoms with Gasteiger partial charge in [0.25, 0.3) is 15.9 Å². The quantitative estimate of drug-likeness (QED) is 0.712. The molecule has 0 aliphatic carbocycles. The lowest BCUT2D eigenvalue weighted by atomic mass is 10.1. The Balaban J connectivity index is 3.05. The lowest BCUT2D eigenvalue weighted by Crippen LogP contribution is -2.40. The Morgan fingerprint density at radius 1 is 1.43 bits per heavy atom. The molecule has 1 heterocycles. The third kappa shape index (κ3) is 4.42. The maximum atomic E-state index is 12.2. The molecule has 2 N–H and O–H groups in total. The third-order valence-corrected chi connectivity index (χ3v) is 4.76. The first kappa shape index (κ1) is 18.9. The van der Waals surface area contributed by atoms with Crippen LogP contribution in [0.15, 0.2) is 27.7 Å². The molecule has 0 bridgehead atoms. The number of carboxylic acid groups (broad SMARTS) is 1. The van der Waals surface area contributed by atoms with E-state index in [1.165, 1.54) is 21.0 Å². The highest BCUT2D eigenvalue weighted by atomic mass is 32.2. The number of nitrogens with zero attached hydrogens (tertiary/aromatic N) is 1. The second-order valence-corrected chi connectivity index (χ2v) is 7.07. The summed E-state index contributed by atoms with van der Waals surface area (Å²) in [7, 11) is -1.14. The molecule has 1 unspecified atom stereocenters. The molecule has 1 aromatic heterocycles. The molecule has 0 aromatic carbocycles. The normalized spacial score (nSPS) is 13.4. The summed E-state index contributed by atoms with van der Waals surface area (Å²) in [5.41, 5.74) is -0.0165. The van der Waals surface area contributed by atoms with Crippen molar-refractivity contribution < 1.29 is 27.5 Å². The van der Waals surface area contributed by atoms with Crippen molar-refractivity contribution in [1.82, 2.24) is 9.62 Å².